The van der Waals surface area contributed by atoms with E-state index in [1.54, 1.807) is 18.3 Å². The first-order valence-corrected chi connectivity index (χ1v) is 5.94. The molecule has 1 aromatic heterocycles. The van der Waals surface area contributed by atoms with Crippen LogP contribution in [0.4, 0.5) is 0 Å². The standard InChI is InChI=1S/C12H21N3O/c1-4-10(3)11(13-5-2)9-15-12(16)7-6-8-14-15/h6-8,10-11,13H,4-5,9H2,1-3H3. The Morgan fingerprint density at radius 2 is 2.25 bits per heavy atom. The van der Waals surface area contributed by atoms with Crippen LogP contribution in [0.3, 0.4) is 0 Å². The Morgan fingerprint density at radius 3 is 2.81 bits per heavy atom. The van der Waals surface area contributed by atoms with Crippen molar-refractivity contribution in [2.45, 2.75) is 39.8 Å². The van der Waals surface area contributed by atoms with Gasteiger partial charge in [0.1, 0.15) is 0 Å². The van der Waals surface area contributed by atoms with Gasteiger partial charge in [-0.2, -0.15) is 5.10 Å². The molecule has 4 nitrogen and oxygen atoms in total. The minimum atomic E-state index is -0.0336. The zero-order chi connectivity index (χ0) is 12.0. The van der Waals surface area contributed by atoms with Gasteiger partial charge in [0.25, 0.3) is 5.56 Å². The van der Waals surface area contributed by atoms with Gasteiger partial charge in [0, 0.05) is 18.3 Å². The highest BCUT2D eigenvalue weighted by Crippen LogP contribution is 2.08. The van der Waals surface area contributed by atoms with Gasteiger partial charge in [0.15, 0.2) is 0 Å². The van der Waals surface area contributed by atoms with Gasteiger partial charge in [-0.25, -0.2) is 4.68 Å². The third kappa shape index (κ3) is 3.45. The van der Waals surface area contributed by atoms with Crippen molar-refractivity contribution >= 4 is 0 Å². The van der Waals surface area contributed by atoms with E-state index < -0.39 is 0 Å². The van der Waals surface area contributed by atoms with Crippen LogP contribution in [-0.4, -0.2) is 22.4 Å². The number of hydrogen-bond acceptors (Lipinski definition) is 3. The van der Waals surface area contributed by atoms with Crippen LogP contribution in [-0.2, 0) is 6.54 Å². The van der Waals surface area contributed by atoms with Crippen LogP contribution < -0.4 is 10.9 Å². The molecule has 0 radical (unpaired) electrons. The zero-order valence-corrected chi connectivity index (χ0v) is 10.3. The highest BCUT2D eigenvalue weighted by molar-refractivity contribution is 4.86. The van der Waals surface area contributed by atoms with Crippen LogP contribution in [0.2, 0.25) is 0 Å². The number of rotatable bonds is 6. The zero-order valence-electron chi connectivity index (χ0n) is 10.3. The number of likely N-dealkylation sites (N-methyl/N-ethyl adjacent to an activating group) is 1. The molecule has 0 aliphatic heterocycles. The van der Waals surface area contributed by atoms with E-state index in [1.807, 2.05) is 0 Å². The molecule has 1 N–H and O–H groups in total. The maximum Gasteiger partial charge on any atom is 0.266 e. The van der Waals surface area contributed by atoms with E-state index in [0.29, 0.717) is 18.5 Å². The molecule has 0 saturated carbocycles. The van der Waals surface area contributed by atoms with Crippen LogP contribution in [0, 0.1) is 5.92 Å². The van der Waals surface area contributed by atoms with Gasteiger partial charge in [-0.05, 0) is 18.5 Å². The summed E-state index contributed by atoms with van der Waals surface area (Å²) in [6.07, 6.45) is 2.75. The van der Waals surface area contributed by atoms with Crippen LogP contribution in [0.15, 0.2) is 23.1 Å². The van der Waals surface area contributed by atoms with Crippen molar-refractivity contribution < 1.29 is 0 Å². The molecule has 0 fully saturated rings. The lowest BCUT2D eigenvalue weighted by atomic mass is 9.99. The summed E-state index contributed by atoms with van der Waals surface area (Å²) in [6, 6.07) is 3.53. The number of nitrogens with one attached hydrogen (secondary N) is 1. The van der Waals surface area contributed by atoms with E-state index in [-0.39, 0.29) is 5.56 Å². The summed E-state index contributed by atoms with van der Waals surface area (Å²) in [5, 5.41) is 7.49. The van der Waals surface area contributed by atoms with Crippen molar-refractivity contribution in [3.63, 3.8) is 0 Å². The molecule has 0 amide bonds. The van der Waals surface area contributed by atoms with Gasteiger partial charge in [-0.3, -0.25) is 4.79 Å². The number of aromatic nitrogens is 2. The first kappa shape index (κ1) is 12.9. The molecule has 16 heavy (non-hydrogen) atoms. The Kier molecular flexibility index (Phi) is 5.19. The molecule has 2 atom stereocenters. The maximum atomic E-state index is 11.5. The third-order valence-corrected chi connectivity index (χ3v) is 2.95. The summed E-state index contributed by atoms with van der Waals surface area (Å²) in [7, 11) is 0. The average molecular weight is 223 g/mol. The molecule has 4 heteroatoms. The lowest BCUT2D eigenvalue weighted by molar-refractivity contribution is 0.318. The molecule has 0 bridgehead atoms. The largest absolute Gasteiger partial charge is 0.312 e. The fourth-order valence-electron chi connectivity index (χ4n) is 1.70. The number of hydrogen-bond donors (Lipinski definition) is 1. The van der Waals surface area contributed by atoms with E-state index in [0.717, 1.165) is 13.0 Å². The topological polar surface area (TPSA) is 46.9 Å². The molecule has 0 aliphatic rings. The monoisotopic (exact) mass is 223 g/mol. The van der Waals surface area contributed by atoms with Crippen molar-refractivity contribution in [3.05, 3.63) is 28.7 Å². The molecule has 1 heterocycles. The molecular weight excluding hydrogens is 202 g/mol. The third-order valence-electron chi connectivity index (χ3n) is 2.95. The van der Waals surface area contributed by atoms with Gasteiger partial charge in [-0.1, -0.05) is 27.2 Å². The second-order valence-electron chi connectivity index (χ2n) is 4.09. The van der Waals surface area contributed by atoms with Crippen molar-refractivity contribution in [1.29, 1.82) is 0 Å². The highest BCUT2D eigenvalue weighted by atomic mass is 16.1. The first-order chi connectivity index (χ1) is 7.69. The minimum Gasteiger partial charge on any atom is -0.312 e. The van der Waals surface area contributed by atoms with Crippen LogP contribution in [0.5, 0.6) is 0 Å². The van der Waals surface area contributed by atoms with Crippen molar-refractivity contribution in [1.82, 2.24) is 15.1 Å². The van der Waals surface area contributed by atoms with Crippen LogP contribution in [0.25, 0.3) is 0 Å². The Hall–Kier alpha value is -1.16. The molecule has 0 aliphatic carbocycles. The Labute approximate surface area is 96.7 Å². The normalized spacial score (nSPS) is 14.7. The van der Waals surface area contributed by atoms with E-state index in [9.17, 15) is 4.79 Å². The Bertz CT molecular complexity index is 361. The molecule has 1 rings (SSSR count). The summed E-state index contributed by atoms with van der Waals surface area (Å²) in [4.78, 5) is 11.5. The second kappa shape index (κ2) is 6.43. The first-order valence-electron chi connectivity index (χ1n) is 5.94. The smallest absolute Gasteiger partial charge is 0.266 e. The summed E-state index contributed by atoms with van der Waals surface area (Å²) in [6.45, 7) is 7.99. The highest BCUT2D eigenvalue weighted by Gasteiger charge is 2.15. The van der Waals surface area contributed by atoms with Crippen molar-refractivity contribution in [2.75, 3.05) is 6.54 Å². The van der Waals surface area contributed by atoms with Gasteiger partial charge >= 0.3 is 0 Å². The molecule has 0 spiro atoms. The Morgan fingerprint density at radius 1 is 1.50 bits per heavy atom. The fraction of sp³-hybridized carbons (Fsp3) is 0.667. The van der Waals surface area contributed by atoms with Gasteiger partial charge in [0.2, 0.25) is 0 Å². The Balaban J connectivity index is 2.75. The predicted octanol–water partition coefficient (Wildman–Crippen LogP) is 1.27. The summed E-state index contributed by atoms with van der Waals surface area (Å²) in [5.74, 6) is 0.536. The summed E-state index contributed by atoms with van der Waals surface area (Å²) in [5.41, 5.74) is -0.0336. The lowest BCUT2D eigenvalue weighted by Gasteiger charge is -2.23. The molecule has 90 valence electrons. The number of nitrogens with zero attached hydrogens (tertiary/aromatic N) is 2. The molecule has 0 saturated heterocycles. The van der Waals surface area contributed by atoms with E-state index in [4.69, 9.17) is 0 Å². The van der Waals surface area contributed by atoms with Crippen molar-refractivity contribution in [2.24, 2.45) is 5.92 Å². The quantitative estimate of drug-likeness (QED) is 0.790. The molecule has 1 aromatic rings. The van der Waals surface area contributed by atoms with Crippen LogP contribution in [0.1, 0.15) is 27.2 Å². The van der Waals surface area contributed by atoms with Crippen LogP contribution >= 0.6 is 0 Å². The molecular formula is C12H21N3O. The van der Waals surface area contributed by atoms with Gasteiger partial charge in [0.05, 0.1) is 6.54 Å². The maximum absolute atomic E-state index is 11.5. The van der Waals surface area contributed by atoms with E-state index >= 15 is 0 Å². The lowest BCUT2D eigenvalue weighted by Crippen LogP contribution is -2.41. The SMILES string of the molecule is CCNC(Cn1ncccc1=O)C(C)CC. The van der Waals surface area contributed by atoms with E-state index in [2.05, 4.69) is 31.2 Å². The van der Waals surface area contributed by atoms with Crippen molar-refractivity contribution in [3.8, 4) is 0 Å². The summed E-state index contributed by atoms with van der Waals surface area (Å²) < 4.78 is 1.53. The average Bonchev–Trinajstić information content (AvgIpc) is 2.30. The molecule has 0 aromatic carbocycles. The fourth-order valence-corrected chi connectivity index (χ4v) is 1.70. The van der Waals surface area contributed by atoms with E-state index in [1.165, 1.54) is 4.68 Å². The van der Waals surface area contributed by atoms with Gasteiger partial charge in [-0.15, -0.1) is 0 Å². The predicted molar refractivity (Wildman–Crippen MR) is 65.4 cm³/mol. The summed E-state index contributed by atoms with van der Waals surface area (Å²) >= 11 is 0. The second-order valence-corrected chi connectivity index (χ2v) is 4.09. The van der Waals surface area contributed by atoms with Gasteiger partial charge < -0.3 is 5.32 Å². The minimum absolute atomic E-state index is 0.0336. The molecule has 2 unspecified atom stereocenters.